The molecule has 2 saturated carbocycles. The molecule has 0 radical (unpaired) electrons. The van der Waals surface area contributed by atoms with Crippen molar-refractivity contribution in [2.75, 3.05) is 19.3 Å². The van der Waals surface area contributed by atoms with Crippen LogP contribution in [0.4, 0.5) is 0 Å². The molecule has 3 atom stereocenters. The lowest BCUT2D eigenvalue weighted by molar-refractivity contribution is -0.150. The number of hydrogen-bond acceptors (Lipinski definition) is 5. The summed E-state index contributed by atoms with van der Waals surface area (Å²) in [6.07, 6.45) is 12.7. The minimum Gasteiger partial charge on any atom is -0.487 e. The summed E-state index contributed by atoms with van der Waals surface area (Å²) in [5.74, 6) is 3.37. The molecule has 5 rings (SSSR count). The number of hydrogen-bond donors (Lipinski definition) is 0. The van der Waals surface area contributed by atoms with E-state index in [4.69, 9.17) is 9.72 Å². The fourth-order valence-electron chi connectivity index (χ4n) is 6.64. The second-order valence-corrected chi connectivity index (χ2v) is 12.4. The molecule has 4 nitrogen and oxygen atoms in total. The molecule has 34 heavy (non-hydrogen) atoms. The van der Waals surface area contributed by atoms with Crippen molar-refractivity contribution in [1.29, 1.82) is 0 Å². The number of nitrogens with zero attached hydrogens (tertiary/aromatic N) is 2. The van der Waals surface area contributed by atoms with E-state index in [1.807, 2.05) is 12.1 Å². The number of thiazole rings is 1. The molecular weight excluding hydrogens is 460 g/mol. The third-order valence-electron chi connectivity index (χ3n) is 8.47. The van der Waals surface area contributed by atoms with E-state index in [0.717, 1.165) is 68.5 Å². The van der Waals surface area contributed by atoms with E-state index < -0.39 is 0 Å². The lowest BCUT2D eigenvalue weighted by Gasteiger charge is -2.49. The monoisotopic (exact) mass is 498 g/mol. The van der Waals surface area contributed by atoms with Gasteiger partial charge in [0.05, 0.1) is 10.7 Å². The van der Waals surface area contributed by atoms with Gasteiger partial charge in [0.25, 0.3) is 0 Å². The first kappa shape index (κ1) is 24.2. The first-order valence-electron chi connectivity index (χ1n) is 13.1. The summed E-state index contributed by atoms with van der Waals surface area (Å²) < 4.78 is 5.95. The second kappa shape index (κ2) is 10.6. The first-order chi connectivity index (χ1) is 16.6. The van der Waals surface area contributed by atoms with Crippen LogP contribution in [0.3, 0.4) is 0 Å². The van der Waals surface area contributed by atoms with E-state index in [1.165, 1.54) is 35.6 Å². The zero-order valence-electron chi connectivity index (χ0n) is 20.6. The lowest BCUT2D eigenvalue weighted by atomic mass is 9.58. The highest BCUT2D eigenvalue weighted by molar-refractivity contribution is 7.98. The van der Waals surface area contributed by atoms with Crippen molar-refractivity contribution < 1.29 is 9.53 Å². The van der Waals surface area contributed by atoms with Crippen molar-refractivity contribution in [3.63, 3.8) is 0 Å². The van der Waals surface area contributed by atoms with Gasteiger partial charge in [0.2, 0.25) is 5.91 Å². The Labute approximate surface area is 212 Å². The smallest absolute Gasteiger partial charge is 0.228 e. The van der Waals surface area contributed by atoms with Gasteiger partial charge in [-0.1, -0.05) is 26.2 Å². The zero-order valence-corrected chi connectivity index (χ0v) is 22.3. The van der Waals surface area contributed by atoms with Gasteiger partial charge < -0.3 is 9.64 Å². The Morgan fingerprint density at radius 2 is 2.00 bits per heavy atom. The number of amides is 1. The Morgan fingerprint density at radius 1 is 1.21 bits per heavy atom. The number of benzene rings is 1. The number of carbonyl (C=O) groups is 1. The highest BCUT2D eigenvalue weighted by Crippen LogP contribution is 2.53. The second-order valence-electron chi connectivity index (χ2n) is 10.7. The Kier molecular flexibility index (Phi) is 7.55. The standard InChI is InChI=1S/C28H38N2O2S2/c1-3-20-15-21-5-4-12-28(16-20,17-21)27(31)30-13-10-22(11-14-30)26-29-23(19-34-26)18-32-24-6-8-25(33-2)9-7-24/h6-9,19-22H,3-5,10-18H2,1-2H3. The van der Waals surface area contributed by atoms with Crippen LogP contribution in [0.2, 0.25) is 0 Å². The molecule has 2 aliphatic carbocycles. The first-order valence-corrected chi connectivity index (χ1v) is 15.2. The van der Waals surface area contributed by atoms with Crippen LogP contribution >= 0.6 is 23.1 Å². The Hall–Kier alpha value is -1.53. The van der Waals surface area contributed by atoms with E-state index in [-0.39, 0.29) is 5.41 Å². The summed E-state index contributed by atoms with van der Waals surface area (Å²) in [7, 11) is 0. The van der Waals surface area contributed by atoms with Crippen LogP contribution in [0.25, 0.3) is 0 Å². The number of rotatable bonds is 7. The van der Waals surface area contributed by atoms with Crippen molar-refractivity contribution >= 4 is 29.0 Å². The summed E-state index contributed by atoms with van der Waals surface area (Å²) >= 11 is 3.49. The SMILES string of the molecule is CCC1CC2CCCC(C(=O)N3CCC(c4nc(COc5ccc(SC)cc5)cs4)CC3)(C1)C2. The number of likely N-dealkylation sites (tertiary alicyclic amines) is 1. The van der Waals surface area contributed by atoms with Crippen molar-refractivity contribution in [2.45, 2.75) is 82.1 Å². The highest BCUT2D eigenvalue weighted by atomic mass is 32.2. The Bertz CT molecular complexity index is 967. The lowest BCUT2D eigenvalue weighted by Crippen LogP contribution is -2.51. The van der Waals surface area contributed by atoms with Gasteiger partial charge in [-0.3, -0.25) is 4.79 Å². The molecule has 1 saturated heterocycles. The summed E-state index contributed by atoms with van der Waals surface area (Å²) in [5, 5.41) is 3.35. The summed E-state index contributed by atoms with van der Waals surface area (Å²) in [4.78, 5) is 22.1. The molecule has 184 valence electrons. The largest absolute Gasteiger partial charge is 0.487 e. The number of fused-ring (bicyclic) bond motifs is 2. The van der Waals surface area contributed by atoms with Gasteiger partial charge in [0, 0.05) is 34.7 Å². The van der Waals surface area contributed by atoms with E-state index >= 15 is 0 Å². The van der Waals surface area contributed by atoms with Gasteiger partial charge in [-0.05, 0) is 80.9 Å². The van der Waals surface area contributed by atoms with Gasteiger partial charge in [0.15, 0.2) is 0 Å². The molecular formula is C28H38N2O2S2. The third-order valence-corrected chi connectivity index (χ3v) is 10.3. The maximum atomic E-state index is 13.7. The van der Waals surface area contributed by atoms with Crippen LogP contribution in [-0.4, -0.2) is 35.1 Å². The molecule has 3 aliphatic rings. The molecule has 3 fully saturated rings. The fourth-order valence-corrected chi connectivity index (χ4v) is 8.03. The Balaban J connectivity index is 1.15. The van der Waals surface area contributed by atoms with E-state index in [2.05, 4.69) is 35.6 Å². The van der Waals surface area contributed by atoms with Gasteiger partial charge in [-0.2, -0.15) is 0 Å². The minimum absolute atomic E-state index is 0.0472. The zero-order chi connectivity index (χ0) is 23.5. The number of thioether (sulfide) groups is 1. The quantitative estimate of drug-likeness (QED) is 0.380. The molecule has 2 heterocycles. The summed E-state index contributed by atoms with van der Waals surface area (Å²) in [5.41, 5.74) is 0.960. The predicted octanol–water partition coefficient (Wildman–Crippen LogP) is 7.15. The molecule has 0 N–H and O–H groups in total. The molecule has 0 spiro atoms. The number of piperidine rings is 1. The molecule has 1 aromatic carbocycles. The average Bonchev–Trinajstić information content (AvgIpc) is 3.36. The van der Waals surface area contributed by atoms with Crippen LogP contribution < -0.4 is 4.74 Å². The third kappa shape index (κ3) is 5.18. The van der Waals surface area contributed by atoms with Crippen molar-refractivity contribution in [3.8, 4) is 5.75 Å². The normalized spacial score (nSPS) is 27.5. The van der Waals surface area contributed by atoms with Gasteiger partial charge in [-0.15, -0.1) is 23.1 Å². The van der Waals surface area contributed by atoms with Crippen LogP contribution in [0.15, 0.2) is 34.5 Å². The van der Waals surface area contributed by atoms with Gasteiger partial charge >= 0.3 is 0 Å². The van der Waals surface area contributed by atoms with Crippen LogP contribution in [-0.2, 0) is 11.4 Å². The molecule has 1 amide bonds. The van der Waals surface area contributed by atoms with Crippen molar-refractivity contribution in [2.24, 2.45) is 17.3 Å². The maximum Gasteiger partial charge on any atom is 0.228 e. The number of carbonyl (C=O) groups excluding carboxylic acids is 1. The highest BCUT2D eigenvalue weighted by Gasteiger charge is 2.49. The maximum absolute atomic E-state index is 13.7. The molecule has 3 unspecified atom stereocenters. The Morgan fingerprint density at radius 3 is 2.74 bits per heavy atom. The minimum atomic E-state index is -0.0472. The van der Waals surface area contributed by atoms with E-state index in [0.29, 0.717) is 18.4 Å². The van der Waals surface area contributed by atoms with Crippen molar-refractivity contribution in [3.05, 3.63) is 40.3 Å². The van der Waals surface area contributed by atoms with E-state index in [1.54, 1.807) is 23.1 Å². The fraction of sp³-hybridized carbons (Fsp3) is 0.643. The van der Waals surface area contributed by atoms with Crippen LogP contribution in [0.5, 0.6) is 5.75 Å². The number of aromatic nitrogens is 1. The van der Waals surface area contributed by atoms with Crippen LogP contribution in [0, 0.1) is 17.3 Å². The number of ether oxygens (including phenoxy) is 1. The topological polar surface area (TPSA) is 42.4 Å². The molecule has 1 aromatic heterocycles. The molecule has 1 aliphatic heterocycles. The summed E-state index contributed by atoms with van der Waals surface area (Å²) in [6.45, 7) is 4.60. The summed E-state index contributed by atoms with van der Waals surface area (Å²) in [6, 6.07) is 8.22. The average molecular weight is 499 g/mol. The van der Waals surface area contributed by atoms with Crippen molar-refractivity contribution in [1.82, 2.24) is 9.88 Å². The predicted molar refractivity (Wildman–Crippen MR) is 141 cm³/mol. The van der Waals surface area contributed by atoms with Gasteiger partial charge in [-0.25, -0.2) is 4.98 Å². The molecule has 2 aromatic rings. The van der Waals surface area contributed by atoms with Crippen LogP contribution in [0.1, 0.15) is 81.3 Å². The molecule has 2 bridgehead atoms. The molecule has 6 heteroatoms. The van der Waals surface area contributed by atoms with Gasteiger partial charge in [0.1, 0.15) is 12.4 Å². The van der Waals surface area contributed by atoms with E-state index in [9.17, 15) is 4.79 Å².